The molecule has 2 aliphatic rings. The van der Waals surface area contributed by atoms with Gasteiger partial charge in [-0.05, 0) is 55.7 Å². The van der Waals surface area contributed by atoms with Crippen molar-refractivity contribution in [1.82, 2.24) is 14.8 Å². The van der Waals surface area contributed by atoms with Crippen LogP contribution in [0.3, 0.4) is 0 Å². The summed E-state index contributed by atoms with van der Waals surface area (Å²) in [5.41, 5.74) is 1.08. The summed E-state index contributed by atoms with van der Waals surface area (Å²) in [6.45, 7) is 2.46. The maximum absolute atomic E-state index is 14.1. The average Bonchev–Trinajstić information content (AvgIpc) is 3.54. The second-order valence-electron chi connectivity index (χ2n) is 9.82. The van der Waals surface area contributed by atoms with E-state index in [-0.39, 0.29) is 17.9 Å². The molecule has 8 nitrogen and oxygen atoms in total. The first-order valence-corrected chi connectivity index (χ1v) is 12.4. The number of hydrogen-bond acceptors (Lipinski definition) is 5. The Labute approximate surface area is 211 Å². The molecule has 3 aromatic rings. The van der Waals surface area contributed by atoms with E-state index in [2.05, 4.69) is 5.32 Å². The Morgan fingerprint density at radius 2 is 1.67 bits per heavy atom. The molecule has 0 unspecified atom stereocenters. The van der Waals surface area contributed by atoms with Crippen LogP contribution in [0.15, 0.2) is 42.5 Å². The molecule has 2 heterocycles. The second-order valence-corrected chi connectivity index (χ2v) is 9.82. The zero-order chi connectivity index (χ0) is 25.4. The molecule has 0 bridgehead atoms. The normalized spacial score (nSPS) is 19.9. The lowest BCUT2D eigenvalue weighted by atomic mass is 9.93. The SMILES string of the molecule is COc1ccc(CN2C(=O)c3cc4c(OC)ccc(OC)c4n3C[C@]2(C)C(=O)NC2CCCC2)cc1. The van der Waals surface area contributed by atoms with E-state index in [4.69, 9.17) is 14.2 Å². The predicted octanol–water partition coefficient (Wildman–Crippen LogP) is 4.14. The molecule has 1 fully saturated rings. The number of fused-ring (bicyclic) bond motifs is 3. The molecule has 1 aromatic heterocycles. The minimum Gasteiger partial charge on any atom is -0.497 e. The van der Waals surface area contributed by atoms with Crippen molar-refractivity contribution in [3.63, 3.8) is 0 Å². The van der Waals surface area contributed by atoms with Crippen LogP contribution in [0.25, 0.3) is 10.9 Å². The number of hydrogen-bond donors (Lipinski definition) is 1. The summed E-state index contributed by atoms with van der Waals surface area (Å²) in [7, 11) is 4.83. The van der Waals surface area contributed by atoms with Gasteiger partial charge in [-0.1, -0.05) is 25.0 Å². The van der Waals surface area contributed by atoms with Gasteiger partial charge < -0.3 is 29.0 Å². The van der Waals surface area contributed by atoms with Crippen LogP contribution >= 0.6 is 0 Å². The van der Waals surface area contributed by atoms with Crippen molar-refractivity contribution in [2.45, 2.75) is 57.3 Å². The summed E-state index contributed by atoms with van der Waals surface area (Å²) in [6.07, 6.45) is 4.16. The van der Waals surface area contributed by atoms with Gasteiger partial charge in [0.05, 0.1) is 33.4 Å². The molecule has 0 spiro atoms. The zero-order valence-corrected chi connectivity index (χ0v) is 21.3. The molecular formula is C28H33N3O5. The largest absolute Gasteiger partial charge is 0.497 e. The highest BCUT2D eigenvalue weighted by atomic mass is 16.5. The first-order valence-electron chi connectivity index (χ1n) is 12.4. The van der Waals surface area contributed by atoms with E-state index in [1.165, 1.54) is 0 Å². The summed E-state index contributed by atoms with van der Waals surface area (Å²) < 4.78 is 18.4. The molecule has 1 aliphatic carbocycles. The van der Waals surface area contributed by atoms with Crippen LogP contribution in [0.2, 0.25) is 0 Å². The van der Waals surface area contributed by atoms with E-state index in [0.717, 1.165) is 47.9 Å². The predicted molar refractivity (Wildman–Crippen MR) is 137 cm³/mol. The number of carbonyl (C=O) groups is 2. The molecule has 2 amide bonds. The van der Waals surface area contributed by atoms with Gasteiger partial charge in [-0.3, -0.25) is 9.59 Å². The van der Waals surface area contributed by atoms with Crippen LogP contribution in [-0.4, -0.2) is 54.2 Å². The van der Waals surface area contributed by atoms with Gasteiger partial charge in [0.1, 0.15) is 28.5 Å². The van der Waals surface area contributed by atoms with Crippen LogP contribution in [0.1, 0.15) is 48.7 Å². The summed E-state index contributed by atoms with van der Waals surface area (Å²) >= 11 is 0. The van der Waals surface area contributed by atoms with Crippen molar-refractivity contribution in [3.05, 3.63) is 53.7 Å². The smallest absolute Gasteiger partial charge is 0.271 e. The standard InChI is InChI=1S/C28H33N3O5/c1-28(27(33)29-19-7-5-6-8-19)17-30-22(15-21-23(35-3)13-14-24(36-4)25(21)30)26(32)31(28)16-18-9-11-20(34-2)12-10-18/h9-15,19H,5-8,16-17H2,1-4H3,(H,29,33)/t28-/m1/s1. The number of aromatic nitrogens is 1. The highest BCUT2D eigenvalue weighted by Gasteiger charge is 2.48. The van der Waals surface area contributed by atoms with Crippen molar-refractivity contribution in [2.75, 3.05) is 21.3 Å². The van der Waals surface area contributed by atoms with Gasteiger partial charge in [-0.25, -0.2) is 0 Å². The Hall–Kier alpha value is -3.68. The third kappa shape index (κ3) is 3.94. The third-order valence-electron chi connectivity index (χ3n) is 7.63. The molecule has 2 aromatic carbocycles. The molecule has 1 saturated carbocycles. The molecule has 1 aliphatic heterocycles. The van der Waals surface area contributed by atoms with Crippen molar-refractivity contribution >= 4 is 22.7 Å². The Balaban J connectivity index is 1.61. The summed E-state index contributed by atoms with van der Waals surface area (Å²) in [4.78, 5) is 29.7. The maximum Gasteiger partial charge on any atom is 0.271 e. The van der Waals surface area contributed by atoms with Gasteiger partial charge in [0.25, 0.3) is 5.91 Å². The number of carbonyl (C=O) groups excluding carboxylic acids is 2. The van der Waals surface area contributed by atoms with Crippen LogP contribution in [0, 0.1) is 0 Å². The number of ether oxygens (including phenoxy) is 3. The Morgan fingerprint density at radius 1 is 1.00 bits per heavy atom. The van der Waals surface area contributed by atoms with E-state index in [0.29, 0.717) is 30.3 Å². The summed E-state index contributed by atoms with van der Waals surface area (Å²) in [5, 5.41) is 4.03. The fourth-order valence-corrected chi connectivity index (χ4v) is 5.53. The number of amides is 2. The number of nitrogens with zero attached hydrogens (tertiary/aromatic N) is 2. The van der Waals surface area contributed by atoms with Crippen LogP contribution in [-0.2, 0) is 17.9 Å². The highest BCUT2D eigenvalue weighted by Crippen LogP contribution is 2.40. The van der Waals surface area contributed by atoms with Crippen LogP contribution in [0.5, 0.6) is 17.2 Å². The fraction of sp³-hybridized carbons (Fsp3) is 0.429. The molecule has 0 radical (unpaired) electrons. The fourth-order valence-electron chi connectivity index (χ4n) is 5.53. The van der Waals surface area contributed by atoms with E-state index in [9.17, 15) is 9.59 Å². The molecule has 36 heavy (non-hydrogen) atoms. The first kappa shape index (κ1) is 24.0. The average molecular weight is 492 g/mol. The van der Waals surface area contributed by atoms with E-state index < -0.39 is 5.54 Å². The molecule has 8 heteroatoms. The van der Waals surface area contributed by atoms with E-state index in [1.807, 2.05) is 54.0 Å². The van der Waals surface area contributed by atoms with Crippen molar-refractivity contribution in [2.24, 2.45) is 0 Å². The Morgan fingerprint density at radius 3 is 2.31 bits per heavy atom. The minimum absolute atomic E-state index is 0.134. The highest BCUT2D eigenvalue weighted by molar-refractivity contribution is 6.05. The minimum atomic E-state index is -1.10. The molecule has 1 N–H and O–H groups in total. The van der Waals surface area contributed by atoms with Gasteiger partial charge in [0, 0.05) is 18.0 Å². The third-order valence-corrected chi connectivity index (χ3v) is 7.63. The quantitative estimate of drug-likeness (QED) is 0.537. The number of methoxy groups -OCH3 is 3. The number of nitrogens with one attached hydrogen (secondary N) is 1. The first-order chi connectivity index (χ1) is 17.4. The number of benzene rings is 2. The lowest BCUT2D eigenvalue weighted by molar-refractivity contribution is -0.133. The maximum atomic E-state index is 14.1. The molecule has 5 rings (SSSR count). The van der Waals surface area contributed by atoms with Gasteiger partial charge >= 0.3 is 0 Å². The zero-order valence-electron chi connectivity index (χ0n) is 21.3. The van der Waals surface area contributed by atoms with Gasteiger partial charge in [-0.2, -0.15) is 0 Å². The van der Waals surface area contributed by atoms with E-state index >= 15 is 0 Å². The van der Waals surface area contributed by atoms with Gasteiger partial charge in [0.2, 0.25) is 5.91 Å². The van der Waals surface area contributed by atoms with Crippen molar-refractivity contribution < 1.29 is 23.8 Å². The van der Waals surface area contributed by atoms with Gasteiger partial charge in [-0.15, -0.1) is 0 Å². The topological polar surface area (TPSA) is 82.0 Å². The van der Waals surface area contributed by atoms with E-state index in [1.54, 1.807) is 26.2 Å². The molecule has 190 valence electrons. The molecular weight excluding hydrogens is 458 g/mol. The Bertz CT molecular complexity index is 1290. The monoisotopic (exact) mass is 491 g/mol. The second kappa shape index (κ2) is 9.41. The Kier molecular flexibility index (Phi) is 6.28. The molecule has 1 atom stereocenters. The van der Waals surface area contributed by atoms with Crippen LogP contribution in [0.4, 0.5) is 0 Å². The van der Waals surface area contributed by atoms with Crippen molar-refractivity contribution in [3.8, 4) is 17.2 Å². The lowest BCUT2D eigenvalue weighted by Crippen LogP contribution is -2.64. The van der Waals surface area contributed by atoms with Crippen LogP contribution < -0.4 is 19.5 Å². The molecule has 0 saturated heterocycles. The lowest BCUT2D eigenvalue weighted by Gasteiger charge is -2.44. The number of rotatable bonds is 7. The summed E-state index contributed by atoms with van der Waals surface area (Å²) in [5.74, 6) is 1.68. The van der Waals surface area contributed by atoms with Crippen molar-refractivity contribution in [1.29, 1.82) is 0 Å². The summed E-state index contributed by atoms with van der Waals surface area (Å²) in [6, 6.07) is 13.2. The van der Waals surface area contributed by atoms with Gasteiger partial charge in [0.15, 0.2) is 0 Å².